The van der Waals surface area contributed by atoms with Gasteiger partial charge >= 0.3 is 0 Å². The lowest BCUT2D eigenvalue weighted by molar-refractivity contribution is -0.118. The van der Waals surface area contributed by atoms with E-state index in [2.05, 4.69) is 25.7 Å². The second-order valence-electron chi connectivity index (χ2n) is 6.36. The zero-order valence-electron chi connectivity index (χ0n) is 14.1. The molecule has 2 aromatic heterocycles. The number of aryl methyl sites for hydroxylation is 1. The van der Waals surface area contributed by atoms with Crippen LogP contribution in [0.4, 0.5) is 5.95 Å². The number of rotatable bonds is 3. The number of amides is 1. The summed E-state index contributed by atoms with van der Waals surface area (Å²) >= 11 is 0. The van der Waals surface area contributed by atoms with Gasteiger partial charge < -0.3 is 5.32 Å². The number of hydrogen-bond acceptors (Lipinski definition) is 5. The van der Waals surface area contributed by atoms with Gasteiger partial charge in [0.15, 0.2) is 0 Å². The van der Waals surface area contributed by atoms with Crippen LogP contribution in [0.2, 0.25) is 0 Å². The minimum absolute atomic E-state index is 0.0672. The zero-order chi connectivity index (χ0) is 17.2. The van der Waals surface area contributed by atoms with E-state index in [1.165, 1.54) is 0 Å². The molecule has 2 N–H and O–H groups in total. The van der Waals surface area contributed by atoms with Crippen molar-refractivity contribution in [3.8, 4) is 11.1 Å². The van der Waals surface area contributed by atoms with E-state index in [0.717, 1.165) is 47.8 Å². The first kappa shape index (κ1) is 15.7. The first-order valence-corrected chi connectivity index (χ1v) is 8.49. The number of hydrogen-bond donors (Lipinski definition) is 2. The Balaban J connectivity index is 1.59. The highest BCUT2D eigenvalue weighted by Gasteiger charge is 2.21. The van der Waals surface area contributed by atoms with E-state index in [1.54, 1.807) is 10.9 Å². The average molecular weight is 336 g/mol. The molecule has 1 atom stereocenters. The number of carbonyl (C=O) groups excluding carboxylic acids is 1. The van der Waals surface area contributed by atoms with Crippen LogP contribution in [0.3, 0.4) is 0 Å². The Labute approximate surface area is 145 Å². The fourth-order valence-corrected chi connectivity index (χ4v) is 3.11. The van der Waals surface area contributed by atoms with E-state index >= 15 is 0 Å². The predicted molar refractivity (Wildman–Crippen MR) is 96.0 cm³/mol. The monoisotopic (exact) mass is 336 g/mol. The van der Waals surface area contributed by atoms with Crippen LogP contribution in [0.5, 0.6) is 0 Å². The van der Waals surface area contributed by atoms with Gasteiger partial charge in [-0.25, -0.2) is 9.97 Å². The van der Waals surface area contributed by atoms with Crippen molar-refractivity contribution in [2.75, 3.05) is 11.9 Å². The molecule has 25 heavy (non-hydrogen) atoms. The number of piperidine rings is 1. The van der Waals surface area contributed by atoms with Crippen molar-refractivity contribution in [2.45, 2.75) is 25.3 Å². The highest BCUT2D eigenvalue weighted by molar-refractivity contribution is 5.94. The van der Waals surface area contributed by atoms with Crippen LogP contribution < -0.4 is 10.6 Å². The molecule has 1 aliphatic heterocycles. The molecule has 128 valence electrons. The first-order valence-electron chi connectivity index (χ1n) is 8.49. The lowest BCUT2D eigenvalue weighted by Gasteiger charge is -2.22. The summed E-state index contributed by atoms with van der Waals surface area (Å²) in [6.07, 6.45) is 8.55. The number of aromatic nitrogens is 4. The summed E-state index contributed by atoms with van der Waals surface area (Å²) in [7, 11) is 1.89. The Morgan fingerprint density at radius 3 is 2.96 bits per heavy atom. The van der Waals surface area contributed by atoms with E-state index in [0.29, 0.717) is 5.95 Å². The number of benzene rings is 1. The third-order valence-electron chi connectivity index (χ3n) is 4.48. The van der Waals surface area contributed by atoms with Crippen LogP contribution in [0.15, 0.2) is 36.8 Å². The average Bonchev–Trinajstić information content (AvgIpc) is 3.08. The third kappa shape index (κ3) is 3.36. The third-order valence-corrected chi connectivity index (χ3v) is 4.48. The highest BCUT2D eigenvalue weighted by Crippen LogP contribution is 2.23. The van der Waals surface area contributed by atoms with Gasteiger partial charge in [0.2, 0.25) is 11.9 Å². The van der Waals surface area contributed by atoms with Crippen LogP contribution in [0.1, 0.15) is 19.3 Å². The van der Waals surface area contributed by atoms with Crippen LogP contribution in [-0.2, 0) is 11.8 Å². The number of nitrogens with one attached hydrogen (secondary N) is 2. The van der Waals surface area contributed by atoms with Gasteiger partial charge in [-0.05, 0) is 31.0 Å². The van der Waals surface area contributed by atoms with Gasteiger partial charge in [-0.3, -0.25) is 14.8 Å². The molecule has 7 nitrogen and oxygen atoms in total. The molecule has 0 radical (unpaired) electrons. The highest BCUT2D eigenvalue weighted by atomic mass is 16.2. The van der Waals surface area contributed by atoms with E-state index in [1.807, 2.05) is 37.6 Å². The van der Waals surface area contributed by atoms with E-state index in [-0.39, 0.29) is 11.9 Å². The molecule has 1 fully saturated rings. The lowest BCUT2D eigenvalue weighted by atomic mass is 10.0. The molecular formula is C18H20N6O. The summed E-state index contributed by atoms with van der Waals surface area (Å²) in [5.74, 6) is 0.274. The Morgan fingerprint density at radius 1 is 1.28 bits per heavy atom. The van der Waals surface area contributed by atoms with Crippen molar-refractivity contribution in [1.29, 1.82) is 0 Å². The van der Waals surface area contributed by atoms with Crippen molar-refractivity contribution < 1.29 is 4.79 Å². The predicted octanol–water partition coefficient (Wildman–Crippen LogP) is 2.11. The normalized spacial score (nSPS) is 17.6. The molecule has 0 bridgehead atoms. The summed E-state index contributed by atoms with van der Waals surface area (Å²) in [4.78, 5) is 21.1. The number of carbonyl (C=O) groups is 1. The van der Waals surface area contributed by atoms with Crippen LogP contribution in [-0.4, -0.2) is 38.2 Å². The SMILES string of the molecule is Cn1cc(-c2ccc3cnc(NC(=O)C4CCCCN4)nc3c2)cn1. The zero-order valence-corrected chi connectivity index (χ0v) is 14.1. The van der Waals surface area contributed by atoms with Gasteiger partial charge in [-0.1, -0.05) is 18.6 Å². The summed E-state index contributed by atoms with van der Waals surface area (Å²) in [6, 6.07) is 5.83. The standard InChI is InChI=1S/C18H20N6O/c1-24-11-14(10-21-24)12-5-6-13-9-20-18(22-16(13)8-12)23-17(25)15-4-2-3-7-19-15/h5-6,8-11,15,19H,2-4,7H2,1H3,(H,20,22,23,25). The van der Waals surface area contributed by atoms with Gasteiger partial charge in [-0.15, -0.1) is 0 Å². The topological polar surface area (TPSA) is 84.7 Å². The largest absolute Gasteiger partial charge is 0.306 e. The molecule has 4 rings (SSSR count). The molecule has 3 heterocycles. The van der Waals surface area contributed by atoms with Crippen molar-refractivity contribution >= 4 is 22.8 Å². The van der Waals surface area contributed by atoms with Crippen molar-refractivity contribution in [3.63, 3.8) is 0 Å². The minimum Gasteiger partial charge on any atom is -0.306 e. The second-order valence-corrected chi connectivity index (χ2v) is 6.36. The number of anilines is 1. The molecule has 7 heteroatoms. The first-order chi connectivity index (χ1) is 12.2. The lowest BCUT2D eigenvalue weighted by Crippen LogP contribution is -2.43. The van der Waals surface area contributed by atoms with Crippen molar-refractivity contribution in [2.24, 2.45) is 7.05 Å². The molecule has 1 amide bonds. The minimum atomic E-state index is -0.158. The van der Waals surface area contributed by atoms with Gasteiger partial charge in [0.1, 0.15) is 0 Å². The molecule has 1 aromatic carbocycles. The molecule has 0 aliphatic carbocycles. The van der Waals surface area contributed by atoms with Crippen LogP contribution in [0, 0.1) is 0 Å². The van der Waals surface area contributed by atoms with E-state index < -0.39 is 0 Å². The van der Waals surface area contributed by atoms with Crippen molar-refractivity contribution in [1.82, 2.24) is 25.1 Å². The summed E-state index contributed by atoms with van der Waals surface area (Å²) in [6.45, 7) is 0.880. The molecule has 0 saturated carbocycles. The number of nitrogens with zero attached hydrogens (tertiary/aromatic N) is 4. The maximum atomic E-state index is 12.3. The summed E-state index contributed by atoms with van der Waals surface area (Å²) in [5, 5.41) is 11.2. The quantitative estimate of drug-likeness (QED) is 0.765. The van der Waals surface area contributed by atoms with Crippen molar-refractivity contribution in [3.05, 3.63) is 36.8 Å². The molecule has 1 saturated heterocycles. The van der Waals surface area contributed by atoms with Gasteiger partial charge in [0.05, 0.1) is 17.8 Å². The molecule has 1 aliphatic rings. The molecule has 0 spiro atoms. The van der Waals surface area contributed by atoms with Crippen LogP contribution in [0.25, 0.3) is 22.0 Å². The molecule has 3 aromatic rings. The Hall–Kier alpha value is -2.80. The van der Waals surface area contributed by atoms with Gasteiger partial charge in [0.25, 0.3) is 0 Å². The Morgan fingerprint density at radius 2 is 2.20 bits per heavy atom. The van der Waals surface area contributed by atoms with E-state index in [4.69, 9.17) is 0 Å². The fourth-order valence-electron chi connectivity index (χ4n) is 3.11. The Bertz CT molecular complexity index is 913. The van der Waals surface area contributed by atoms with E-state index in [9.17, 15) is 4.79 Å². The maximum Gasteiger partial charge on any atom is 0.243 e. The second kappa shape index (κ2) is 6.60. The van der Waals surface area contributed by atoms with Crippen LogP contribution >= 0.6 is 0 Å². The fraction of sp³-hybridized carbons (Fsp3) is 0.333. The summed E-state index contributed by atoms with van der Waals surface area (Å²) < 4.78 is 1.77. The summed E-state index contributed by atoms with van der Waals surface area (Å²) in [5.41, 5.74) is 2.86. The maximum absolute atomic E-state index is 12.3. The molecule has 1 unspecified atom stereocenters. The van der Waals surface area contributed by atoms with Gasteiger partial charge in [-0.2, -0.15) is 5.10 Å². The number of fused-ring (bicyclic) bond motifs is 1. The molecular weight excluding hydrogens is 316 g/mol. The van der Waals surface area contributed by atoms with Gasteiger partial charge in [0, 0.05) is 30.4 Å². The smallest absolute Gasteiger partial charge is 0.243 e. The Kier molecular flexibility index (Phi) is 4.15.